The number of benzene rings is 2. The molecule has 0 aromatic heterocycles. The molecule has 0 spiro atoms. The van der Waals surface area contributed by atoms with Gasteiger partial charge in [0.15, 0.2) is 18.1 Å². The van der Waals surface area contributed by atoms with Crippen LogP contribution in [0.5, 0.6) is 17.2 Å². The molecule has 1 amide bonds. The zero-order chi connectivity index (χ0) is 19.1. The van der Waals surface area contributed by atoms with Gasteiger partial charge in [-0.25, -0.2) is 5.43 Å². The van der Waals surface area contributed by atoms with E-state index < -0.39 is 5.91 Å². The van der Waals surface area contributed by atoms with Crippen LogP contribution in [-0.2, 0) is 4.79 Å². The number of carbonyl (C=O) groups excluding carboxylic acids is 1. The van der Waals surface area contributed by atoms with E-state index in [1.807, 2.05) is 0 Å². The van der Waals surface area contributed by atoms with E-state index in [4.69, 9.17) is 32.7 Å². The third-order valence-corrected chi connectivity index (χ3v) is 4.00. The number of rotatable bonds is 7. The summed E-state index contributed by atoms with van der Waals surface area (Å²) in [4.78, 5) is 11.8. The molecule has 0 bridgehead atoms. The van der Waals surface area contributed by atoms with E-state index in [-0.39, 0.29) is 12.4 Å². The van der Waals surface area contributed by atoms with E-state index in [1.54, 1.807) is 31.2 Å². The molecule has 0 aliphatic rings. The molecule has 0 heterocycles. The van der Waals surface area contributed by atoms with Gasteiger partial charge in [0.05, 0.1) is 17.8 Å². The Kier molecular flexibility index (Phi) is 7.56. The molecule has 26 heavy (non-hydrogen) atoms. The Morgan fingerprint density at radius 1 is 1.27 bits per heavy atom. The summed E-state index contributed by atoms with van der Waals surface area (Å²) in [5.74, 6) is 0.0839. The average molecular weight is 462 g/mol. The van der Waals surface area contributed by atoms with E-state index in [0.717, 1.165) is 0 Å². The summed E-state index contributed by atoms with van der Waals surface area (Å²) in [6, 6.07) is 7.96. The maximum absolute atomic E-state index is 11.8. The van der Waals surface area contributed by atoms with Crippen molar-refractivity contribution >= 4 is 51.3 Å². The highest BCUT2D eigenvalue weighted by Gasteiger charge is 2.09. The van der Waals surface area contributed by atoms with Gasteiger partial charge in [-0.05, 0) is 37.3 Å². The molecule has 0 radical (unpaired) electrons. The Bertz CT molecular complexity index is 831. The summed E-state index contributed by atoms with van der Waals surface area (Å²) in [6.45, 7) is 1.93. The zero-order valence-corrected chi connectivity index (χ0v) is 16.7. The molecule has 0 fully saturated rings. The minimum Gasteiger partial charge on any atom is -0.504 e. The van der Waals surface area contributed by atoms with Crippen molar-refractivity contribution in [3.05, 3.63) is 50.4 Å². The fourth-order valence-electron chi connectivity index (χ4n) is 1.90. The Morgan fingerprint density at radius 2 is 2.04 bits per heavy atom. The summed E-state index contributed by atoms with van der Waals surface area (Å²) < 4.78 is 11.3. The lowest BCUT2D eigenvalue weighted by Gasteiger charge is -2.09. The first-order chi connectivity index (χ1) is 12.4. The molecule has 0 aliphatic carbocycles. The number of hydrogen-bond acceptors (Lipinski definition) is 5. The second-order valence-electron chi connectivity index (χ2n) is 4.93. The quantitative estimate of drug-likeness (QED) is 0.473. The monoisotopic (exact) mass is 460 g/mol. The molecule has 0 unspecified atom stereocenters. The zero-order valence-electron chi connectivity index (χ0n) is 13.6. The summed E-state index contributed by atoms with van der Waals surface area (Å²) in [6.07, 6.45) is 1.30. The molecule has 2 N–H and O–H groups in total. The third-order valence-electron chi connectivity index (χ3n) is 3.01. The summed E-state index contributed by atoms with van der Waals surface area (Å²) in [5, 5.41) is 14.7. The van der Waals surface area contributed by atoms with Crippen molar-refractivity contribution in [1.29, 1.82) is 0 Å². The van der Waals surface area contributed by atoms with Crippen LogP contribution in [-0.4, -0.2) is 30.4 Å². The van der Waals surface area contributed by atoms with Crippen LogP contribution in [0.1, 0.15) is 12.5 Å². The van der Waals surface area contributed by atoms with Crippen molar-refractivity contribution in [1.82, 2.24) is 5.43 Å². The van der Waals surface area contributed by atoms with Crippen molar-refractivity contribution < 1.29 is 19.4 Å². The topological polar surface area (TPSA) is 80.2 Å². The highest BCUT2D eigenvalue weighted by molar-refractivity contribution is 9.10. The van der Waals surface area contributed by atoms with E-state index in [0.29, 0.717) is 38.2 Å². The molecule has 9 heteroatoms. The number of halogens is 3. The predicted molar refractivity (Wildman–Crippen MR) is 105 cm³/mol. The first kappa shape index (κ1) is 20.4. The summed E-state index contributed by atoms with van der Waals surface area (Å²) in [5.41, 5.74) is 2.68. The van der Waals surface area contributed by atoms with Gasteiger partial charge in [-0.1, -0.05) is 39.1 Å². The molecular formula is C17H15BrCl2N2O4. The Balaban J connectivity index is 1.94. The second-order valence-corrected chi connectivity index (χ2v) is 6.69. The molecule has 2 aromatic rings. The highest BCUT2D eigenvalue weighted by Crippen LogP contribution is 2.33. The Hall–Kier alpha value is -1.96. The van der Waals surface area contributed by atoms with Crippen molar-refractivity contribution in [2.45, 2.75) is 6.92 Å². The van der Waals surface area contributed by atoms with Crippen LogP contribution in [0.4, 0.5) is 0 Å². The normalized spacial score (nSPS) is 10.8. The van der Waals surface area contributed by atoms with E-state index in [2.05, 4.69) is 26.5 Å². The van der Waals surface area contributed by atoms with Crippen LogP contribution >= 0.6 is 39.1 Å². The molecular weight excluding hydrogens is 447 g/mol. The van der Waals surface area contributed by atoms with Gasteiger partial charge in [0.25, 0.3) is 5.91 Å². The number of hydrazone groups is 1. The van der Waals surface area contributed by atoms with Crippen molar-refractivity contribution in [2.75, 3.05) is 13.2 Å². The van der Waals surface area contributed by atoms with Crippen molar-refractivity contribution in [3.8, 4) is 17.2 Å². The summed E-state index contributed by atoms with van der Waals surface area (Å²) in [7, 11) is 0. The number of nitrogens with zero attached hydrogens (tertiary/aromatic N) is 1. The van der Waals surface area contributed by atoms with Gasteiger partial charge < -0.3 is 14.6 Å². The van der Waals surface area contributed by atoms with Crippen molar-refractivity contribution in [2.24, 2.45) is 5.10 Å². The molecule has 2 rings (SSSR count). The number of amides is 1. The van der Waals surface area contributed by atoms with Crippen LogP contribution in [0.2, 0.25) is 10.0 Å². The second kappa shape index (κ2) is 9.66. The first-order valence-electron chi connectivity index (χ1n) is 7.45. The van der Waals surface area contributed by atoms with Gasteiger partial charge in [0.2, 0.25) is 0 Å². The maximum Gasteiger partial charge on any atom is 0.277 e. The fraction of sp³-hybridized carbons (Fsp3) is 0.176. The molecule has 138 valence electrons. The number of phenols is 1. The van der Waals surface area contributed by atoms with Gasteiger partial charge in [-0.3, -0.25) is 4.79 Å². The van der Waals surface area contributed by atoms with Crippen LogP contribution in [0, 0.1) is 0 Å². The van der Waals surface area contributed by atoms with E-state index >= 15 is 0 Å². The molecule has 2 aromatic carbocycles. The van der Waals surface area contributed by atoms with Crippen LogP contribution < -0.4 is 14.9 Å². The van der Waals surface area contributed by atoms with Crippen LogP contribution in [0.25, 0.3) is 0 Å². The van der Waals surface area contributed by atoms with Gasteiger partial charge in [0.1, 0.15) is 5.75 Å². The summed E-state index contributed by atoms with van der Waals surface area (Å²) >= 11 is 15.1. The number of hydrogen-bond donors (Lipinski definition) is 2. The van der Waals surface area contributed by atoms with Gasteiger partial charge in [0, 0.05) is 15.1 Å². The maximum atomic E-state index is 11.8. The van der Waals surface area contributed by atoms with E-state index in [1.165, 1.54) is 12.3 Å². The number of nitrogens with one attached hydrogen (secondary N) is 1. The van der Waals surface area contributed by atoms with Gasteiger partial charge in [-0.15, -0.1) is 0 Å². The van der Waals surface area contributed by atoms with Crippen molar-refractivity contribution in [3.63, 3.8) is 0 Å². The number of aromatic hydroxyl groups is 1. The Labute approximate surface area is 168 Å². The standard InChI is InChI=1S/C17H15BrCl2N2O4/c1-2-25-15-6-11(18)5-10(17(15)24)8-21-22-16(23)9-26-14-4-3-12(19)7-13(14)20/h3-8,24H,2,9H2,1H3,(H,22,23)/b21-8-. The molecule has 6 nitrogen and oxygen atoms in total. The van der Waals surface area contributed by atoms with Gasteiger partial charge >= 0.3 is 0 Å². The Morgan fingerprint density at radius 3 is 2.73 bits per heavy atom. The SMILES string of the molecule is CCOc1cc(Br)cc(/C=N\NC(=O)COc2ccc(Cl)cc2Cl)c1O. The number of phenolic OH excluding ortho intramolecular Hbond substituents is 1. The minimum absolute atomic E-state index is 0.0720. The molecule has 0 saturated carbocycles. The predicted octanol–water partition coefficient (Wildman–Crippen LogP) is 4.39. The van der Waals surface area contributed by atoms with E-state index in [9.17, 15) is 9.90 Å². The lowest BCUT2D eigenvalue weighted by Crippen LogP contribution is -2.24. The lowest BCUT2D eigenvalue weighted by atomic mass is 10.2. The molecule has 0 saturated heterocycles. The smallest absolute Gasteiger partial charge is 0.277 e. The molecule has 0 aliphatic heterocycles. The van der Waals surface area contributed by atoms with Crippen LogP contribution in [0.3, 0.4) is 0 Å². The highest BCUT2D eigenvalue weighted by atomic mass is 79.9. The molecule has 0 atom stereocenters. The lowest BCUT2D eigenvalue weighted by molar-refractivity contribution is -0.123. The minimum atomic E-state index is -0.494. The fourth-order valence-corrected chi connectivity index (χ4v) is 2.82. The first-order valence-corrected chi connectivity index (χ1v) is 9.00. The van der Waals surface area contributed by atoms with Crippen LogP contribution in [0.15, 0.2) is 39.9 Å². The number of carbonyl (C=O) groups is 1. The van der Waals surface area contributed by atoms with Gasteiger partial charge in [-0.2, -0.15) is 5.10 Å². The third kappa shape index (κ3) is 5.79. The largest absolute Gasteiger partial charge is 0.504 e. The number of ether oxygens (including phenoxy) is 2. The average Bonchev–Trinajstić information content (AvgIpc) is 2.58.